The number of ether oxygens (including phenoxy) is 1. The van der Waals surface area contributed by atoms with Gasteiger partial charge in [-0.15, -0.1) is 0 Å². The third-order valence-electron chi connectivity index (χ3n) is 3.86. The number of anilines is 2. The number of benzene rings is 1. The van der Waals surface area contributed by atoms with Crippen molar-refractivity contribution in [2.24, 2.45) is 0 Å². The SMILES string of the molecule is Fc1ccc2nc(Cl)nc(N3CCCOc4c(Br)cncc43)c2c1F. The van der Waals surface area contributed by atoms with Crippen molar-refractivity contribution in [3.8, 4) is 5.75 Å². The molecular weight excluding hydrogens is 418 g/mol. The Kier molecular flexibility index (Phi) is 4.16. The van der Waals surface area contributed by atoms with Gasteiger partial charge in [0.2, 0.25) is 5.28 Å². The Morgan fingerprint density at radius 1 is 1.20 bits per heavy atom. The molecule has 0 N–H and O–H groups in total. The lowest BCUT2D eigenvalue weighted by Gasteiger charge is -2.24. The minimum atomic E-state index is -1.01. The lowest BCUT2D eigenvalue weighted by atomic mass is 10.2. The van der Waals surface area contributed by atoms with Crippen molar-refractivity contribution in [3.05, 3.63) is 45.9 Å². The average Bonchev–Trinajstić information content (AvgIpc) is 2.81. The van der Waals surface area contributed by atoms with E-state index in [0.29, 0.717) is 35.5 Å². The van der Waals surface area contributed by atoms with Gasteiger partial charge in [0.15, 0.2) is 17.4 Å². The minimum Gasteiger partial charge on any atom is -0.490 e. The first kappa shape index (κ1) is 16.4. The van der Waals surface area contributed by atoms with Gasteiger partial charge in [0.25, 0.3) is 0 Å². The number of aromatic nitrogens is 3. The monoisotopic (exact) mass is 426 g/mol. The molecule has 3 heterocycles. The van der Waals surface area contributed by atoms with Gasteiger partial charge >= 0.3 is 0 Å². The maximum atomic E-state index is 14.5. The van der Waals surface area contributed by atoms with Crippen molar-refractivity contribution >= 4 is 49.9 Å². The summed E-state index contributed by atoms with van der Waals surface area (Å²) in [5, 5.41) is -0.0830. The fourth-order valence-corrected chi connectivity index (χ4v) is 3.40. The molecule has 0 fully saturated rings. The molecule has 0 saturated carbocycles. The van der Waals surface area contributed by atoms with Crippen LogP contribution in [0.2, 0.25) is 5.28 Å². The van der Waals surface area contributed by atoms with Gasteiger partial charge in [0, 0.05) is 12.7 Å². The van der Waals surface area contributed by atoms with E-state index >= 15 is 0 Å². The molecule has 3 aromatic rings. The van der Waals surface area contributed by atoms with Crippen LogP contribution in [0.5, 0.6) is 5.75 Å². The molecule has 0 radical (unpaired) electrons. The molecule has 0 spiro atoms. The van der Waals surface area contributed by atoms with E-state index in [2.05, 4.69) is 30.9 Å². The molecule has 128 valence electrons. The molecule has 0 atom stereocenters. The fourth-order valence-electron chi connectivity index (χ4n) is 2.79. The zero-order valence-electron chi connectivity index (χ0n) is 12.6. The highest BCUT2D eigenvalue weighted by Gasteiger charge is 2.26. The van der Waals surface area contributed by atoms with Crippen LogP contribution in [0.1, 0.15) is 6.42 Å². The van der Waals surface area contributed by atoms with Gasteiger partial charge in [0.05, 0.1) is 28.2 Å². The molecule has 0 amide bonds. The second-order valence-corrected chi connectivity index (χ2v) is 6.59. The number of hydrogen-bond donors (Lipinski definition) is 0. The first-order valence-electron chi connectivity index (χ1n) is 7.41. The van der Waals surface area contributed by atoms with E-state index in [1.165, 1.54) is 6.07 Å². The van der Waals surface area contributed by atoms with Crippen LogP contribution < -0.4 is 9.64 Å². The fraction of sp³-hybridized carbons (Fsp3) is 0.188. The van der Waals surface area contributed by atoms with E-state index in [4.69, 9.17) is 16.3 Å². The van der Waals surface area contributed by atoms with Crippen molar-refractivity contribution in [3.63, 3.8) is 0 Å². The van der Waals surface area contributed by atoms with Crippen molar-refractivity contribution in [1.82, 2.24) is 15.0 Å². The highest BCUT2D eigenvalue weighted by Crippen LogP contribution is 2.42. The van der Waals surface area contributed by atoms with Crippen molar-refractivity contribution in [2.45, 2.75) is 6.42 Å². The van der Waals surface area contributed by atoms with Gasteiger partial charge in [-0.3, -0.25) is 4.98 Å². The predicted octanol–water partition coefficient (Wildman–Crippen LogP) is 4.64. The van der Waals surface area contributed by atoms with Crippen molar-refractivity contribution in [2.75, 3.05) is 18.1 Å². The Bertz CT molecular complexity index is 988. The van der Waals surface area contributed by atoms with Crippen molar-refractivity contribution in [1.29, 1.82) is 0 Å². The number of pyridine rings is 1. The topological polar surface area (TPSA) is 51.1 Å². The summed E-state index contributed by atoms with van der Waals surface area (Å²) in [6, 6.07) is 2.39. The summed E-state index contributed by atoms with van der Waals surface area (Å²) in [5.41, 5.74) is 0.815. The van der Waals surface area contributed by atoms with Crippen molar-refractivity contribution < 1.29 is 13.5 Å². The lowest BCUT2D eigenvalue weighted by molar-refractivity contribution is 0.320. The first-order chi connectivity index (χ1) is 12.1. The molecular formula is C16H10BrClF2N4O. The van der Waals surface area contributed by atoms with Crippen LogP contribution in [0, 0.1) is 11.6 Å². The Morgan fingerprint density at radius 3 is 2.88 bits per heavy atom. The van der Waals surface area contributed by atoms with Gasteiger partial charge in [0.1, 0.15) is 11.5 Å². The second kappa shape index (κ2) is 6.34. The Hall–Kier alpha value is -2.06. The van der Waals surface area contributed by atoms with Gasteiger partial charge in [-0.25, -0.2) is 13.8 Å². The van der Waals surface area contributed by atoms with Gasteiger partial charge in [-0.2, -0.15) is 4.98 Å². The average molecular weight is 428 g/mol. The first-order valence-corrected chi connectivity index (χ1v) is 8.58. The van der Waals surface area contributed by atoms with Crippen LogP contribution in [0.4, 0.5) is 20.3 Å². The molecule has 0 aliphatic carbocycles. The molecule has 1 aromatic carbocycles. The van der Waals surface area contributed by atoms with Crippen LogP contribution in [-0.4, -0.2) is 28.1 Å². The standard InChI is InChI=1S/C16H10BrClF2N4O/c17-8-6-21-7-11-14(8)25-5-1-4-24(11)15-12-10(22-16(18)23-15)3-2-9(19)13(12)20/h2-3,6-7H,1,4-5H2. The molecule has 0 bridgehead atoms. The number of rotatable bonds is 1. The zero-order chi connectivity index (χ0) is 17.6. The van der Waals surface area contributed by atoms with Gasteiger partial charge < -0.3 is 9.64 Å². The van der Waals surface area contributed by atoms with Gasteiger partial charge in [-0.05, 0) is 46.1 Å². The Balaban J connectivity index is 2.02. The number of halogens is 4. The quantitative estimate of drug-likeness (QED) is 0.530. The molecule has 5 nitrogen and oxygen atoms in total. The van der Waals surface area contributed by atoms with Gasteiger partial charge in [-0.1, -0.05) is 0 Å². The third kappa shape index (κ3) is 2.79. The second-order valence-electron chi connectivity index (χ2n) is 5.39. The molecule has 1 aliphatic rings. The Labute approximate surface area is 154 Å². The summed E-state index contributed by atoms with van der Waals surface area (Å²) >= 11 is 9.41. The summed E-state index contributed by atoms with van der Waals surface area (Å²) in [5.74, 6) is -1.25. The molecule has 25 heavy (non-hydrogen) atoms. The molecule has 1 aliphatic heterocycles. The minimum absolute atomic E-state index is 0.0303. The van der Waals surface area contributed by atoms with E-state index in [1.807, 2.05) is 0 Å². The zero-order valence-corrected chi connectivity index (χ0v) is 15.0. The third-order valence-corrected chi connectivity index (χ3v) is 4.59. The maximum Gasteiger partial charge on any atom is 0.224 e. The highest BCUT2D eigenvalue weighted by atomic mass is 79.9. The van der Waals surface area contributed by atoms with Crippen LogP contribution in [0.15, 0.2) is 29.0 Å². The summed E-state index contributed by atoms with van der Waals surface area (Å²) in [6.45, 7) is 0.948. The number of fused-ring (bicyclic) bond motifs is 2. The van der Waals surface area contributed by atoms with E-state index in [0.717, 1.165) is 6.07 Å². The lowest BCUT2D eigenvalue weighted by Crippen LogP contribution is -2.20. The van der Waals surface area contributed by atoms with E-state index in [1.54, 1.807) is 17.3 Å². The molecule has 0 unspecified atom stereocenters. The normalized spacial score (nSPS) is 14.2. The molecule has 0 saturated heterocycles. The summed E-state index contributed by atoms with van der Waals surface area (Å²) in [4.78, 5) is 14.0. The largest absolute Gasteiger partial charge is 0.490 e. The summed E-state index contributed by atoms with van der Waals surface area (Å²) in [7, 11) is 0. The molecule has 4 rings (SSSR count). The van der Waals surface area contributed by atoms with E-state index in [-0.39, 0.29) is 22.0 Å². The maximum absolute atomic E-state index is 14.5. The van der Waals surface area contributed by atoms with Crippen LogP contribution in [-0.2, 0) is 0 Å². The summed E-state index contributed by atoms with van der Waals surface area (Å²) in [6.07, 6.45) is 3.85. The molecule has 9 heteroatoms. The van der Waals surface area contributed by atoms with Crippen LogP contribution in [0.3, 0.4) is 0 Å². The predicted molar refractivity (Wildman–Crippen MR) is 93.5 cm³/mol. The van der Waals surface area contributed by atoms with E-state index < -0.39 is 11.6 Å². The van der Waals surface area contributed by atoms with Crippen LogP contribution in [0.25, 0.3) is 10.9 Å². The van der Waals surface area contributed by atoms with Crippen LogP contribution >= 0.6 is 27.5 Å². The number of hydrogen-bond acceptors (Lipinski definition) is 5. The molecule has 2 aromatic heterocycles. The highest BCUT2D eigenvalue weighted by molar-refractivity contribution is 9.10. The number of nitrogens with zero attached hydrogens (tertiary/aromatic N) is 4. The Morgan fingerprint density at radius 2 is 2.04 bits per heavy atom. The smallest absolute Gasteiger partial charge is 0.224 e. The summed E-state index contributed by atoms with van der Waals surface area (Å²) < 4.78 is 34.7. The van der Waals surface area contributed by atoms with E-state index in [9.17, 15) is 8.78 Å².